The van der Waals surface area contributed by atoms with E-state index in [1.54, 1.807) is 0 Å². The molecule has 112 valence electrons. The van der Waals surface area contributed by atoms with E-state index in [-0.39, 0.29) is 11.6 Å². The highest BCUT2D eigenvalue weighted by atomic mass is 79.9. The Bertz CT molecular complexity index is 582. The van der Waals surface area contributed by atoms with E-state index in [1.807, 2.05) is 0 Å². The van der Waals surface area contributed by atoms with E-state index in [0.29, 0.717) is 24.1 Å². The molecule has 1 aromatic carbocycles. The summed E-state index contributed by atoms with van der Waals surface area (Å²) in [4.78, 5) is 0. The zero-order valence-electron chi connectivity index (χ0n) is 10.9. The van der Waals surface area contributed by atoms with Crippen molar-refractivity contribution in [2.24, 2.45) is 11.7 Å². The standard InChI is InChI=1S/C12H17BrFN3O2S/c13-11-4-3-10(6-12(11)14)16-20(18,19)17-5-1-2-9(7-15)8-17/h3-4,6,9,16H,1-2,5,7-8,15H2. The number of anilines is 1. The fourth-order valence-corrected chi connectivity index (χ4v) is 3.79. The van der Waals surface area contributed by atoms with Crippen LogP contribution in [0, 0.1) is 11.7 Å². The predicted molar refractivity (Wildman–Crippen MR) is 80.0 cm³/mol. The zero-order valence-corrected chi connectivity index (χ0v) is 13.3. The summed E-state index contributed by atoms with van der Waals surface area (Å²) in [6.45, 7) is 1.34. The summed E-state index contributed by atoms with van der Waals surface area (Å²) in [6, 6.07) is 4.12. The van der Waals surface area contributed by atoms with E-state index in [9.17, 15) is 12.8 Å². The molecule has 0 amide bonds. The maximum absolute atomic E-state index is 13.4. The second-order valence-corrected chi connectivity index (χ2v) is 7.36. The lowest BCUT2D eigenvalue weighted by Crippen LogP contribution is -2.44. The Labute approximate surface area is 126 Å². The van der Waals surface area contributed by atoms with Crippen molar-refractivity contribution in [3.05, 3.63) is 28.5 Å². The van der Waals surface area contributed by atoms with Crippen molar-refractivity contribution in [3.63, 3.8) is 0 Å². The summed E-state index contributed by atoms with van der Waals surface area (Å²) in [5.74, 6) is -0.328. The summed E-state index contributed by atoms with van der Waals surface area (Å²) in [5.41, 5.74) is 5.81. The molecule has 20 heavy (non-hydrogen) atoms. The molecule has 1 aromatic rings. The molecule has 0 aromatic heterocycles. The lowest BCUT2D eigenvalue weighted by molar-refractivity contribution is 0.273. The third-order valence-electron chi connectivity index (χ3n) is 3.32. The molecule has 1 saturated heterocycles. The smallest absolute Gasteiger partial charge is 0.301 e. The van der Waals surface area contributed by atoms with Gasteiger partial charge in [-0.15, -0.1) is 0 Å². The van der Waals surface area contributed by atoms with Crippen LogP contribution in [0.1, 0.15) is 12.8 Å². The van der Waals surface area contributed by atoms with Gasteiger partial charge in [-0.3, -0.25) is 4.72 Å². The molecule has 3 N–H and O–H groups in total. The normalized spacial score (nSPS) is 20.9. The second-order valence-electron chi connectivity index (χ2n) is 4.84. The first kappa shape index (κ1) is 15.7. The number of hydrogen-bond acceptors (Lipinski definition) is 3. The first-order chi connectivity index (χ1) is 9.42. The van der Waals surface area contributed by atoms with Gasteiger partial charge in [0.2, 0.25) is 0 Å². The topological polar surface area (TPSA) is 75.4 Å². The van der Waals surface area contributed by atoms with Gasteiger partial charge in [0.1, 0.15) is 5.82 Å². The Balaban J connectivity index is 2.12. The molecule has 1 fully saturated rings. The van der Waals surface area contributed by atoms with E-state index >= 15 is 0 Å². The number of hydrogen-bond donors (Lipinski definition) is 2. The van der Waals surface area contributed by atoms with Crippen LogP contribution in [0.5, 0.6) is 0 Å². The van der Waals surface area contributed by atoms with Gasteiger partial charge in [0.15, 0.2) is 0 Å². The SMILES string of the molecule is NCC1CCCN(S(=O)(=O)Nc2ccc(Br)c(F)c2)C1. The molecule has 0 bridgehead atoms. The lowest BCUT2D eigenvalue weighted by Gasteiger charge is -2.31. The van der Waals surface area contributed by atoms with Crippen molar-refractivity contribution in [2.45, 2.75) is 12.8 Å². The van der Waals surface area contributed by atoms with Gasteiger partial charge in [0.05, 0.1) is 10.2 Å². The summed E-state index contributed by atoms with van der Waals surface area (Å²) in [6.07, 6.45) is 1.73. The number of piperidine rings is 1. The molecule has 0 spiro atoms. The molecule has 1 unspecified atom stereocenters. The summed E-state index contributed by atoms with van der Waals surface area (Å²) < 4.78 is 42.0. The van der Waals surface area contributed by atoms with Crippen molar-refractivity contribution in [2.75, 3.05) is 24.4 Å². The van der Waals surface area contributed by atoms with Crippen LogP contribution in [-0.4, -0.2) is 32.4 Å². The Morgan fingerprint density at radius 3 is 2.90 bits per heavy atom. The van der Waals surface area contributed by atoms with Crippen LogP contribution < -0.4 is 10.5 Å². The first-order valence-corrected chi connectivity index (χ1v) is 8.58. The zero-order chi connectivity index (χ0) is 14.8. The second kappa shape index (κ2) is 6.38. The molecule has 0 aliphatic carbocycles. The van der Waals surface area contributed by atoms with Gasteiger partial charge < -0.3 is 5.73 Å². The molecule has 2 rings (SSSR count). The van der Waals surface area contributed by atoms with Crippen LogP contribution in [0.2, 0.25) is 0 Å². The molecule has 1 heterocycles. The average Bonchev–Trinajstić information content (AvgIpc) is 2.43. The molecule has 8 heteroatoms. The van der Waals surface area contributed by atoms with Gasteiger partial charge in [-0.2, -0.15) is 12.7 Å². The summed E-state index contributed by atoms with van der Waals surface area (Å²) >= 11 is 3.03. The highest BCUT2D eigenvalue weighted by Crippen LogP contribution is 2.23. The van der Waals surface area contributed by atoms with Crippen LogP contribution in [0.4, 0.5) is 10.1 Å². The minimum Gasteiger partial charge on any atom is -0.330 e. The van der Waals surface area contributed by atoms with Crippen molar-refractivity contribution < 1.29 is 12.8 Å². The molecular formula is C12H17BrFN3O2S. The van der Waals surface area contributed by atoms with Crippen LogP contribution in [0.25, 0.3) is 0 Å². The third kappa shape index (κ3) is 3.69. The maximum Gasteiger partial charge on any atom is 0.301 e. The third-order valence-corrected chi connectivity index (χ3v) is 5.47. The molecule has 0 radical (unpaired) electrons. The number of halogens is 2. The number of nitrogens with two attached hydrogens (primary N) is 1. The molecule has 1 aliphatic rings. The molecular weight excluding hydrogens is 349 g/mol. The average molecular weight is 366 g/mol. The van der Waals surface area contributed by atoms with Crippen LogP contribution in [-0.2, 0) is 10.2 Å². The minimum atomic E-state index is -3.66. The van der Waals surface area contributed by atoms with Crippen molar-refractivity contribution >= 4 is 31.8 Å². The fourth-order valence-electron chi connectivity index (χ4n) is 2.21. The molecule has 5 nitrogen and oxygen atoms in total. The van der Waals surface area contributed by atoms with Gasteiger partial charge in [0, 0.05) is 13.1 Å². The van der Waals surface area contributed by atoms with Gasteiger partial charge >= 0.3 is 10.2 Å². The maximum atomic E-state index is 13.4. The van der Waals surface area contributed by atoms with E-state index in [1.165, 1.54) is 16.4 Å². The van der Waals surface area contributed by atoms with E-state index < -0.39 is 16.0 Å². The number of nitrogens with zero attached hydrogens (tertiary/aromatic N) is 1. The highest BCUT2D eigenvalue weighted by Gasteiger charge is 2.28. The van der Waals surface area contributed by atoms with Gasteiger partial charge in [-0.25, -0.2) is 4.39 Å². The Hall–Kier alpha value is -0.700. The van der Waals surface area contributed by atoms with Gasteiger partial charge in [0.25, 0.3) is 0 Å². The summed E-state index contributed by atoms with van der Waals surface area (Å²) in [5, 5.41) is 0. The first-order valence-electron chi connectivity index (χ1n) is 6.35. The Morgan fingerprint density at radius 1 is 1.50 bits per heavy atom. The quantitative estimate of drug-likeness (QED) is 0.855. The van der Waals surface area contributed by atoms with Crippen molar-refractivity contribution in [1.82, 2.24) is 4.31 Å². The summed E-state index contributed by atoms with van der Waals surface area (Å²) in [7, 11) is -3.66. The Morgan fingerprint density at radius 2 is 2.25 bits per heavy atom. The van der Waals surface area contributed by atoms with Crippen LogP contribution in [0.3, 0.4) is 0 Å². The molecule has 0 saturated carbocycles. The van der Waals surface area contributed by atoms with E-state index in [4.69, 9.17) is 5.73 Å². The monoisotopic (exact) mass is 365 g/mol. The van der Waals surface area contributed by atoms with E-state index in [2.05, 4.69) is 20.7 Å². The Kier molecular flexibility index (Phi) is 5.00. The largest absolute Gasteiger partial charge is 0.330 e. The van der Waals surface area contributed by atoms with Gasteiger partial charge in [-0.05, 0) is 59.4 Å². The number of nitrogens with one attached hydrogen (secondary N) is 1. The number of benzene rings is 1. The van der Waals surface area contributed by atoms with Crippen molar-refractivity contribution in [3.8, 4) is 0 Å². The van der Waals surface area contributed by atoms with Crippen LogP contribution in [0.15, 0.2) is 22.7 Å². The van der Waals surface area contributed by atoms with Crippen LogP contribution >= 0.6 is 15.9 Å². The fraction of sp³-hybridized carbons (Fsp3) is 0.500. The minimum absolute atomic E-state index is 0.182. The van der Waals surface area contributed by atoms with Gasteiger partial charge in [-0.1, -0.05) is 0 Å². The highest BCUT2D eigenvalue weighted by molar-refractivity contribution is 9.10. The van der Waals surface area contributed by atoms with E-state index in [0.717, 1.165) is 18.9 Å². The lowest BCUT2D eigenvalue weighted by atomic mass is 10.0. The predicted octanol–water partition coefficient (Wildman–Crippen LogP) is 1.92. The van der Waals surface area contributed by atoms with Crippen molar-refractivity contribution in [1.29, 1.82) is 0 Å². The molecule has 1 atom stereocenters. The molecule has 1 aliphatic heterocycles. The number of rotatable bonds is 4.